The highest BCUT2D eigenvalue weighted by Gasteiger charge is 2.57. The monoisotopic (exact) mass is 329 g/mol. The lowest BCUT2D eigenvalue weighted by molar-refractivity contribution is -0.253. The zero-order chi connectivity index (χ0) is 16.0. The summed E-state index contributed by atoms with van der Waals surface area (Å²) in [7, 11) is 0. The first-order valence-electron chi connectivity index (χ1n) is 6.83. The van der Waals surface area contributed by atoms with Crippen molar-refractivity contribution >= 4 is 27.3 Å². The van der Waals surface area contributed by atoms with Crippen LogP contribution in [0.2, 0.25) is 0 Å². The van der Waals surface area contributed by atoms with E-state index < -0.39 is 24.7 Å². The van der Waals surface area contributed by atoms with Crippen molar-refractivity contribution in [3.63, 3.8) is 0 Å². The fourth-order valence-electron chi connectivity index (χ4n) is 2.62. The van der Waals surface area contributed by atoms with Crippen molar-refractivity contribution < 1.29 is 23.1 Å². The van der Waals surface area contributed by atoms with Gasteiger partial charge in [-0.2, -0.15) is 13.2 Å². The quantitative estimate of drug-likeness (QED) is 0.920. The number of likely N-dealkylation sites (tertiary alicyclic amines) is 1. The summed E-state index contributed by atoms with van der Waals surface area (Å²) in [5.41, 5.74) is -2.77. The fraction of sp³-hybridized carbons (Fsp3) is 0.400. The summed E-state index contributed by atoms with van der Waals surface area (Å²) in [5.74, 6) is -0.383. The second-order valence-electron chi connectivity index (χ2n) is 5.52. The molecule has 1 saturated heterocycles. The Kier molecular flexibility index (Phi) is 3.65. The number of carbonyl (C=O) groups is 1. The summed E-state index contributed by atoms with van der Waals surface area (Å²) >= 11 is 1.46. The number of fused-ring (bicyclic) bond motifs is 1. The lowest BCUT2D eigenvalue weighted by Crippen LogP contribution is -2.48. The minimum Gasteiger partial charge on any atom is -0.379 e. The first-order chi connectivity index (χ1) is 10.3. The molecule has 118 valence electrons. The Morgan fingerprint density at radius 2 is 2.09 bits per heavy atom. The van der Waals surface area contributed by atoms with Gasteiger partial charge in [0.15, 0.2) is 5.60 Å². The molecule has 3 rings (SSSR count). The molecule has 1 aliphatic rings. The molecular weight excluding hydrogens is 315 g/mol. The molecule has 1 aromatic carbocycles. The Bertz CT molecular complexity index is 679. The second kappa shape index (κ2) is 5.24. The Hall–Kier alpha value is -1.60. The summed E-state index contributed by atoms with van der Waals surface area (Å²) in [5, 5.41) is 10.6. The standard InChI is InChI=1S/C15H14F3NO2S/c16-15(17,18)14(21)5-6-19(9-14)13(20)8-11-7-10-3-1-2-4-12(10)22-11/h1-4,7,21H,5-6,8-9H2. The summed E-state index contributed by atoms with van der Waals surface area (Å²) in [6.07, 6.45) is -5.11. The van der Waals surface area contributed by atoms with E-state index in [2.05, 4.69) is 0 Å². The van der Waals surface area contributed by atoms with Crippen molar-refractivity contribution in [2.75, 3.05) is 13.1 Å². The van der Waals surface area contributed by atoms with Crippen LogP contribution in [0.15, 0.2) is 30.3 Å². The van der Waals surface area contributed by atoms with E-state index in [1.165, 1.54) is 11.3 Å². The first kappa shape index (κ1) is 15.3. The molecule has 0 spiro atoms. The van der Waals surface area contributed by atoms with Crippen LogP contribution in [0.5, 0.6) is 0 Å². The molecule has 2 aromatic rings. The zero-order valence-electron chi connectivity index (χ0n) is 11.6. The van der Waals surface area contributed by atoms with Crippen molar-refractivity contribution in [1.82, 2.24) is 4.90 Å². The molecule has 1 aliphatic heterocycles. The average Bonchev–Trinajstić information content (AvgIpc) is 3.01. The maximum atomic E-state index is 12.8. The second-order valence-corrected chi connectivity index (χ2v) is 6.69. The summed E-state index contributed by atoms with van der Waals surface area (Å²) < 4.78 is 39.3. The molecule has 7 heteroatoms. The van der Waals surface area contributed by atoms with E-state index in [9.17, 15) is 23.1 Å². The average molecular weight is 329 g/mol. The van der Waals surface area contributed by atoms with E-state index in [0.29, 0.717) is 0 Å². The third-order valence-electron chi connectivity index (χ3n) is 3.93. The molecule has 1 fully saturated rings. The lowest BCUT2D eigenvalue weighted by atomic mass is 10.0. The van der Waals surface area contributed by atoms with E-state index in [-0.39, 0.29) is 18.9 Å². The van der Waals surface area contributed by atoms with Crippen molar-refractivity contribution in [3.05, 3.63) is 35.2 Å². The minimum atomic E-state index is -4.71. The summed E-state index contributed by atoms with van der Waals surface area (Å²) in [6, 6.07) is 9.53. The van der Waals surface area contributed by atoms with Gasteiger partial charge in [0, 0.05) is 22.5 Å². The number of rotatable bonds is 2. The number of amides is 1. The Labute approximate surface area is 129 Å². The lowest BCUT2D eigenvalue weighted by Gasteiger charge is -2.25. The molecule has 3 nitrogen and oxygen atoms in total. The van der Waals surface area contributed by atoms with E-state index in [1.807, 2.05) is 30.3 Å². The van der Waals surface area contributed by atoms with Crippen LogP contribution >= 0.6 is 11.3 Å². The normalized spacial score (nSPS) is 22.5. The van der Waals surface area contributed by atoms with Crippen LogP contribution in [0.3, 0.4) is 0 Å². The van der Waals surface area contributed by atoms with Gasteiger partial charge in [-0.15, -0.1) is 11.3 Å². The highest BCUT2D eigenvalue weighted by Crippen LogP contribution is 2.38. The van der Waals surface area contributed by atoms with Gasteiger partial charge in [-0.05, 0) is 17.5 Å². The SMILES string of the molecule is O=C(Cc1cc2ccccc2s1)N1CCC(O)(C(F)(F)F)C1. The number of aliphatic hydroxyl groups is 1. The third kappa shape index (κ3) is 2.70. The van der Waals surface area contributed by atoms with Gasteiger partial charge in [0.2, 0.25) is 5.91 Å². The molecule has 22 heavy (non-hydrogen) atoms. The van der Waals surface area contributed by atoms with Crippen molar-refractivity contribution in [2.24, 2.45) is 0 Å². The van der Waals surface area contributed by atoms with Gasteiger partial charge >= 0.3 is 6.18 Å². The molecule has 1 aromatic heterocycles. The number of carbonyl (C=O) groups excluding carboxylic acids is 1. The van der Waals surface area contributed by atoms with Gasteiger partial charge in [0.1, 0.15) is 0 Å². The number of hydrogen-bond donors (Lipinski definition) is 1. The van der Waals surface area contributed by atoms with Crippen LogP contribution in [-0.4, -0.2) is 40.8 Å². The third-order valence-corrected chi connectivity index (χ3v) is 5.05. The topological polar surface area (TPSA) is 40.5 Å². The molecule has 0 saturated carbocycles. The Morgan fingerprint density at radius 1 is 1.36 bits per heavy atom. The molecule has 2 heterocycles. The first-order valence-corrected chi connectivity index (χ1v) is 7.64. The number of halogens is 3. The van der Waals surface area contributed by atoms with Crippen LogP contribution in [-0.2, 0) is 11.2 Å². The van der Waals surface area contributed by atoms with Gasteiger partial charge in [0.25, 0.3) is 0 Å². The number of thiophene rings is 1. The maximum Gasteiger partial charge on any atom is 0.419 e. The zero-order valence-corrected chi connectivity index (χ0v) is 12.4. The van der Waals surface area contributed by atoms with Gasteiger partial charge in [-0.3, -0.25) is 4.79 Å². The maximum absolute atomic E-state index is 12.8. The van der Waals surface area contributed by atoms with E-state index >= 15 is 0 Å². The predicted molar refractivity (Wildman–Crippen MR) is 77.7 cm³/mol. The van der Waals surface area contributed by atoms with Gasteiger partial charge in [0.05, 0.1) is 13.0 Å². The Morgan fingerprint density at radius 3 is 2.73 bits per heavy atom. The molecule has 0 bridgehead atoms. The van der Waals surface area contributed by atoms with Crippen molar-refractivity contribution in [3.8, 4) is 0 Å². The van der Waals surface area contributed by atoms with Crippen molar-refractivity contribution in [1.29, 1.82) is 0 Å². The highest BCUT2D eigenvalue weighted by atomic mass is 32.1. The smallest absolute Gasteiger partial charge is 0.379 e. The highest BCUT2D eigenvalue weighted by molar-refractivity contribution is 7.19. The van der Waals surface area contributed by atoms with Gasteiger partial charge < -0.3 is 10.0 Å². The molecule has 0 radical (unpaired) electrons. The summed E-state index contributed by atoms with van der Waals surface area (Å²) in [4.78, 5) is 14.1. The predicted octanol–water partition coefficient (Wildman–Crippen LogP) is 2.97. The Balaban J connectivity index is 1.70. The van der Waals surface area contributed by atoms with Crippen LogP contribution in [0.4, 0.5) is 13.2 Å². The van der Waals surface area contributed by atoms with Crippen LogP contribution in [0.25, 0.3) is 10.1 Å². The minimum absolute atomic E-state index is 0.0628. The van der Waals surface area contributed by atoms with Gasteiger partial charge in [-0.1, -0.05) is 18.2 Å². The number of β-amino-alcohol motifs (C(OH)–C–C–N with tert-alkyl or cyclic N) is 1. The fourth-order valence-corrected chi connectivity index (χ4v) is 3.68. The van der Waals surface area contributed by atoms with Crippen LogP contribution < -0.4 is 0 Å². The van der Waals surface area contributed by atoms with Crippen molar-refractivity contribution in [2.45, 2.75) is 24.6 Å². The van der Waals surface area contributed by atoms with Gasteiger partial charge in [-0.25, -0.2) is 0 Å². The molecule has 1 unspecified atom stereocenters. The van der Waals surface area contributed by atoms with E-state index in [4.69, 9.17) is 0 Å². The molecule has 0 aliphatic carbocycles. The van der Waals surface area contributed by atoms with Crippen LogP contribution in [0.1, 0.15) is 11.3 Å². The largest absolute Gasteiger partial charge is 0.419 e. The van der Waals surface area contributed by atoms with Crippen LogP contribution in [0, 0.1) is 0 Å². The summed E-state index contributed by atoms with van der Waals surface area (Å²) in [6.45, 7) is -0.750. The number of hydrogen-bond acceptors (Lipinski definition) is 3. The molecule has 1 N–H and O–H groups in total. The van der Waals surface area contributed by atoms with E-state index in [0.717, 1.165) is 19.9 Å². The molecular formula is C15H14F3NO2S. The number of nitrogens with zero attached hydrogens (tertiary/aromatic N) is 1. The number of benzene rings is 1. The number of alkyl halides is 3. The molecule has 1 atom stereocenters. The molecule has 1 amide bonds. The van der Waals surface area contributed by atoms with E-state index in [1.54, 1.807) is 0 Å².